The fourth-order valence-corrected chi connectivity index (χ4v) is 4.25. The third-order valence-corrected chi connectivity index (χ3v) is 6.64. The Balaban J connectivity index is 1.84. The minimum atomic E-state index is -4.13. The standard InChI is InChI=1S/C24H23ClFNO4S/c1-3-17(2)27(24(28)22-9-4-5-10-23(22)25)16-18-7-6-8-20(15-18)31-32(29,30)21-13-11-19(26)12-14-21/h4-15,17H,3,16H2,1-2H3. The molecule has 0 N–H and O–H groups in total. The van der Waals surface area contributed by atoms with Crippen molar-refractivity contribution in [2.75, 3.05) is 0 Å². The fourth-order valence-electron chi connectivity index (χ4n) is 3.11. The van der Waals surface area contributed by atoms with Gasteiger partial charge < -0.3 is 9.08 Å². The van der Waals surface area contributed by atoms with Gasteiger partial charge in [0.2, 0.25) is 0 Å². The van der Waals surface area contributed by atoms with Crippen LogP contribution < -0.4 is 4.18 Å². The number of rotatable bonds is 8. The Morgan fingerprint density at radius 1 is 1.06 bits per heavy atom. The predicted molar refractivity (Wildman–Crippen MR) is 122 cm³/mol. The van der Waals surface area contributed by atoms with E-state index in [-0.39, 0.29) is 29.1 Å². The fraction of sp³-hybridized carbons (Fsp3) is 0.208. The van der Waals surface area contributed by atoms with Gasteiger partial charge in [-0.15, -0.1) is 0 Å². The molecular weight excluding hydrogens is 453 g/mol. The Kier molecular flexibility index (Phi) is 7.53. The summed E-state index contributed by atoms with van der Waals surface area (Å²) in [6.45, 7) is 4.16. The van der Waals surface area contributed by atoms with Crippen LogP contribution in [-0.4, -0.2) is 25.3 Å². The Morgan fingerprint density at radius 3 is 2.41 bits per heavy atom. The number of benzene rings is 3. The van der Waals surface area contributed by atoms with Crippen molar-refractivity contribution in [3.05, 3.63) is 94.8 Å². The van der Waals surface area contributed by atoms with E-state index in [0.29, 0.717) is 16.1 Å². The molecule has 0 spiro atoms. The lowest BCUT2D eigenvalue weighted by Crippen LogP contribution is -2.38. The van der Waals surface area contributed by atoms with Crippen LogP contribution in [0.1, 0.15) is 36.2 Å². The van der Waals surface area contributed by atoms with Crippen LogP contribution in [0, 0.1) is 5.82 Å². The normalized spacial score (nSPS) is 12.2. The Bertz CT molecular complexity index is 1200. The van der Waals surface area contributed by atoms with Crippen molar-refractivity contribution >= 4 is 27.6 Å². The van der Waals surface area contributed by atoms with Crippen molar-refractivity contribution in [1.29, 1.82) is 0 Å². The predicted octanol–water partition coefficient (Wildman–Crippen LogP) is 5.69. The first-order valence-electron chi connectivity index (χ1n) is 10.1. The van der Waals surface area contributed by atoms with Gasteiger partial charge >= 0.3 is 10.1 Å². The Hall–Kier alpha value is -2.90. The first kappa shape index (κ1) is 23.8. The molecule has 32 heavy (non-hydrogen) atoms. The number of nitrogens with zero attached hydrogens (tertiary/aromatic N) is 1. The quantitative estimate of drug-likeness (QED) is 0.393. The van der Waals surface area contributed by atoms with Gasteiger partial charge in [0.05, 0.1) is 10.6 Å². The van der Waals surface area contributed by atoms with Crippen LogP contribution in [0.15, 0.2) is 77.7 Å². The molecule has 0 saturated carbocycles. The SMILES string of the molecule is CCC(C)N(Cc1cccc(OS(=O)(=O)c2ccc(F)cc2)c1)C(=O)c1ccccc1Cl. The molecule has 1 unspecified atom stereocenters. The van der Waals surface area contributed by atoms with E-state index in [1.54, 1.807) is 47.4 Å². The largest absolute Gasteiger partial charge is 0.379 e. The summed E-state index contributed by atoms with van der Waals surface area (Å²) >= 11 is 6.22. The van der Waals surface area contributed by atoms with E-state index in [0.717, 1.165) is 30.7 Å². The second-order valence-corrected chi connectivity index (χ2v) is 9.26. The van der Waals surface area contributed by atoms with E-state index in [1.165, 1.54) is 6.07 Å². The third-order valence-electron chi connectivity index (χ3n) is 5.05. The highest BCUT2D eigenvalue weighted by atomic mass is 35.5. The van der Waals surface area contributed by atoms with E-state index >= 15 is 0 Å². The summed E-state index contributed by atoms with van der Waals surface area (Å²) in [6.07, 6.45) is 0.728. The lowest BCUT2D eigenvalue weighted by atomic mass is 10.1. The maximum Gasteiger partial charge on any atom is 0.339 e. The number of carbonyl (C=O) groups excluding carboxylic acids is 1. The molecule has 1 amide bonds. The van der Waals surface area contributed by atoms with Crippen molar-refractivity contribution in [2.24, 2.45) is 0 Å². The molecule has 3 aromatic carbocycles. The first-order chi connectivity index (χ1) is 15.2. The Morgan fingerprint density at radius 2 is 1.75 bits per heavy atom. The molecule has 0 fully saturated rings. The topological polar surface area (TPSA) is 63.7 Å². The van der Waals surface area contributed by atoms with Gasteiger partial charge in [-0.05, 0) is 67.4 Å². The van der Waals surface area contributed by atoms with Crippen LogP contribution in [0.5, 0.6) is 5.75 Å². The average molecular weight is 476 g/mol. The van der Waals surface area contributed by atoms with Crippen LogP contribution in [0.4, 0.5) is 4.39 Å². The molecule has 0 bridgehead atoms. The molecule has 0 heterocycles. The maximum absolute atomic E-state index is 13.2. The van der Waals surface area contributed by atoms with Gasteiger partial charge in [-0.25, -0.2) is 4.39 Å². The van der Waals surface area contributed by atoms with E-state index < -0.39 is 15.9 Å². The van der Waals surface area contributed by atoms with Gasteiger partial charge in [-0.3, -0.25) is 4.79 Å². The smallest absolute Gasteiger partial charge is 0.339 e. The van der Waals surface area contributed by atoms with Crippen molar-refractivity contribution in [1.82, 2.24) is 4.90 Å². The van der Waals surface area contributed by atoms with Crippen LogP contribution in [0.25, 0.3) is 0 Å². The zero-order valence-electron chi connectivity index (χ0n) is 17.7. The molecule has 3 aromatic rings. The highest BCUT2D eigenvalue weighted by molar-refractivity contribution is 7.87. The monoisotopic (exact) mass is 475 g/mol. The molecule has 5 nitrogen and oxygen atoms in total. The molecule has 1 atom stereocenters. The highest BCUT2D eigenvalue weighted by Gasteiger charge is 2.23. The number of hydrogen-bond acceptors (Lipinski definition) is 4. The van der Waals surface area contributed by atoms with E-state index in [9.17, 15) is 17.6 Å². The summed E-state index contributed by atoms with van der Waals surface area (Å²) < 4.78 is 43.3. The summed E-state index contributed by atoms with van der Waals surface area (Å²) in [7, 11) is -4.13. The molecule has 0 radical (unpaired) electrons. The maximum atomic E-state index is 13.2. The van der Waals surface area contributed by atoms with Crippen LogP contribution in [-0.2, 0) is 16.7 Å². The van der Waals surface area contributed by atoms with Crippen LogP contribution in [0.2, 0.25) is 5.02 Å². The number of hydrogen-bond donors (Lipinski definition) is 0. The number of carbonyl (C=O) groups is 1. The van der Waals surface area contributed by atoms with Gasteiger partial charge in [-0.1, -0.05) is 42.8 Å². The zero-order valence-corrected chi connectivity index (χ0v) is 19.2. The number of halogens is 2. The summed E-state index contributed by atoms with van der Waals surface area (Å²) in [5.74, 6) is -0.657. The summed E-state index contributed by atoms with van der Waals surface area (Å²) in [5, 5.41) is 0.369. The Labute approximate surface area is 192 Å². The molecule has 0 aromatic heterocycles. The molecule has 0 saturated heterocycles. The molecule has 0 aliphatic rings. The van der Waals surface area contributed by atoms with Crippen molar-refractivity contribution in [3.63, 3.8) is 0 Å². The van der Waals surface area contributed by atoms with Crippen LogP contribution in [0.3, 0.4) is 0 Å². The molecule has 0 aliphatic carbocycles. The summed E-state index contributed by atoms with van der Waals surface area (Å²) in [5.41, 5.74) is 1.10. The van der Waals surface area contributed by atoms with Gasteiger partial charge in [0.1, 0.15) is 16.5 Å². The van der Waals surface area contributed by atoms with Gasteiger partial charge in [0.15, 0.2) is 0 Å². The van der Waals surface area contributed by atoms with Crippen molar-refractivity contribution in [3.8, 4) is 5.75 Å². The third kappa shape index (κ3) is 5.66. The zero-order chi connectivity index (χ0) is 23.3. The second-order valence-electron chi connectivity index (χ2n) is 7.31. The van der Waals surface area contributed by atoms with Crippen molar-refractivity contribution in [2.45, 2.75) is 37.8 Å². The molecule has 8 heteroatoms. The minimum absolute atomic E-state index is 0.0775. The van der Waals surface area contributed by atoms with Gasteiger partial charge in [0.25, 0.3) is 5.91 Å². The molecular formula is C24H23ClFNO4S. The molecule has 168 valence electrons. The second kappa shape index (κ2) is 10.1. The summed E-state index contributed by atoms with van der Waals surface area (Å²) in [4.78, 5) is 14.7. The van der Waals surface area contributed by atoms with Crippen molar-refractivity contribution < 1.29 is 21.8 Å². The molecule has 0 aliphatic heterocycles. The van der Waals surface area contributed by atoms with E-state index in [1.807, 2.05) is 13.8 Å². The lowest BCUT2D eigenvalue weighted by molar-refractivity contribution is 0.0671. The highest BCUT2D eigenvalue weighted by Crippen LogP contribution is 2.24. The average Bonchev–Trinajstić information content (AvgIpc) is 2.77. The minimum Gasteiger partial charge on any atom is -0.379 e. The van der Waals surface area contributed by atoms with E-state index in [4.69, 9.17) is 15.8 Å². The first-order valence-corrected chi connectivity index (χ1v) is 11.8. The van der Waals surface area contributed by atoms with Crippen LogP contribution >= 0.6 is 11.6 Å². The van der Waals surface area contributed by atoms with E-state index in [2.05, 4.69) is 0 Å². The summed E-state index contributed by atoms with van der Waals surface area (Å²) in [6, 6.07) is 17.7. The number of amides is 1. The van der Waals surface area contributed by atoms with Gasteiger partial charge in [0, 0.05) is 12.6 Å². The lowest BCUT2D eigenvalue weighted by Gasteiger charge is -2.29. The molecule has 3 rings (SSSR count). The van der Waals surface area contributed by atoms with Gasteiger partial charge in [-0.2, -0.15) is 8.42 Å².